The number of hydrogen-bond donors (Lipinski definition) is 1. The van der Waals surface area contributed by atoms with Crippen LogP contribution in [0.25, 0.3) is 5.69 Å². The number of carbonyl (C=O) groups excluding carboxylic acids is 1. The molecule has 1 aromatic carbocycles. The van der Waals surface area contributed by atoms with Crippen LogP contribution >= 0.6 is 0 Å². The minimum Gasteiger partial charge on any atom is -0.469 e. The number of nitrogens with one attached hydrogen (secondary N) is 1. The van der Waals surface area contributed by atoms with Crippen LogP contribution in [-0.2, 0) is 22.4 Å². The summed E-state index contributed by atoms with van der Waals surface area (Å²) in [4.78, 5) is 21.1. The Kier molecular flexibility index (Phi) is 8.26. The van der Waals surface area contributed by atoms with Gasteiger partial charge in [-0.3, -0.25) is 9.69 Å². The molecule has 2 aromatic heterocycles. The van der Waals surface area contributed by atoms with Gasteiger partial charge in [0.25, 0.3) is 5.92 Å². The molecular formula is C33H42F2N6O2. The molecule has 2 saturated heterocycles. The Hall–Kier alpha value is -3.37. The van der Waals surface area contributed by atoms with E-state index in [1.807, 2.05) is 59.8 Å². The maximum Gasteiger partial charge on any atom is 0.306 e. The minimum absolute atomic E-state index is 0.172. The molecule has 230 valence electrons. The second-order valence-electron chi connectivity index (χ2n) is 12.7. The highest BCUT2D eigenvalue weighted by Crippen LogP contribution is 2.50. The number of fused-ring (bicyclic) bond motifs is 1. The lowest BCUT2D eigenvalue weighted by atomic mass is 9.68. The summed E-state index contributed by atoms with van der Waals surface area (Å²) in [6.45, 7) is 7.10. The van der Waals surface area contributed by atoms with Crippen molar-refractivity contribution in [2.24, 2.45) is 5.41 Å². The normalized spacial score (nSPS) is 20.2. The molecule has 1 atom stereocenters. The van der Waals surface area contributed by atoms with Gasteiger partial charge in [0.05, 0.1) is 36.9 Å². The molecule has 43 heavy (non-hydrogen) atoms. The second-order valence-corrected chi connectivity index (χ2v) is 12.7. The Morgan fingerprint density at radius 2 is 1.95 bits per heavy atom. The van der Waals surface area contributed by atoms with Gasteiger partial charge in [-0.05, 0) is 75.0 Å². The van der Waals surface area contributed by atoms with E-state index in [4.69, 9.17) is 9.72 Å². The lowest BCUT2D eigenvalue weighted by molar-refractivity contribution is -0.225. The fourth-order valence-corrected chi connectivity index (χ4v) is 7.07. The van der Waals surface area contributed by atoms with Gasteiger partial charge in [0, 0.05) is 56.5 Å². The Balaban J connectivity index is 1.08. The first-order valence-corrected chi connectivity index (χ1v) is 15.4. The van der Waals surface area contributed by atoms with Crippen LogP contribution in [0.5, 0.6) is 0 Å². The van der Waals surface area contributed by atoms with E-state index in [2.05, 4.69) is 21.4 Å². The van der Waals surface area contributed by atoms with Crippen LogP contribution in [-0.4, -0.2) is 89.4 Å². The van der Waals surface area contributed by atoms with Crippen LogP contribution in [0.3, 0.4) is 0 Å². The van der Waals surface area contributed by atoms with E-state index in [1.165, 1.54) is 12.7 Å². The number of anilines is 1. The van der Waals surface area contributed by atoms with Gasteiger partial charge in [0.1, 0.15) is 5.82 Å². The summed E-state index contributed by atoms with van der Waals surface area (Å²) in [5.41, 5.74) is 5.01. The summed E-state index contributed by atoms with van der Waals surface area (Å²) in [6, 6.07) is 14.2. The molecular weight excluding hydrogens is 550 g/mol. The summed E-state index contributed by atoms with van der Waals surface area (Å²) >= 11 is 0. The van der Waals surface area contributed by atoms with Gasteiger partial charge < -0.3 is 15.0 Å². The van der Waals surface area contributed by atoms with E-state index in [0.29, 0.717) is 45.6 Å². The fourth-order valence-electron chi connectivity index (χ4n) is 7.07. The van der Waals surface area contributed by atoms with Gasteiger partial charge in [0.2, 0.25) is 0 Å². The molecule has 3 aromatic rings. The Labute approximate surface area is 252 Å². The monoisotopic (exact) mass is 592 g/mol. The largest absolute Gasteiger partial charge is 0.469 e. The number of aryl methyl sites for hydroxylation is 3. The first kappa shape index (κ1) is 29.7. The van der Waals surface area contributed by atoms with Gasteiger partial charge in [-0.15, -0.1) is 0 Å². The quantitative estimate of drug-likeness (QED) is 0.359. The lowest BCUT2D eigenvalue weighted by Gasteiger charge is -2.58. The SMILES string of the molecule is COC(=O)C[C@H](CN1CC2(CCN(CCc3ccc4c(n3)NCCC4)CC2(F)F)C1)c1cccc(-n2nc(C)cc2C)c1. The molecule has 1 N–H and O–H groups in total. The number of esters is 1. The van der Waals surface area contributed by atoms with E-state index < -0.39 is 11.3 Å². The molecule has 2 fully saturated rings. The zero-order valence-electron chi connectivity index (χ0n) is 25.4. The van der Waals surface area contributed by atoms with E-state index in [0.717, 1.165) is 53.5 Å². The predicted molar refractivity (Wildman–Crippen MR) is 162 cm³/mol. The Morgan fingerprint density at radius 1 is 1.12 bits per heavy atom. The number of aromatic nitrogens is 3. The number of carbonyl (C=O) groups is 1. The summed E-state index contributed by atoms with van der Waals surface area (Å²) in [5, 5.41) is 7.95. The molecule has 0 aliphatic carbocycles. The molecule has 0 unspecified atom stereocenters. The highest BCUT2D eigenvalue weighted by Gasteiger charge is 2.62. The molecule has 6 rings (SSSR count). The van der Waals surface area contributed by atoms with Crippen LogP contribution in [0.15, 0.2) is 42.5 Å². The molecule has 1 spiro atoms. The van der Waals surface area contributed by atoms with Gasteiger partial charge >= 0.3 is 5.97 Å². The number of benzene rings is 1. The van der Waals surface area contributed by atoms with Crippen molar-refractivity contribution in [3.8, 4) is 5.69 Å². The molecule has 5 heterocycles. The maximum atomic E-state index is 15.7. The minimum atomic E-state index is -2.78. The van der Waals surface area contributed by atoms with Gasteiger partial charge in [0.15, 0.2) is 0 Å². The predicted octanol–water partition coefficient (Wildman–Crippen LogP) is 4.77. The number of hydrogen-bond acceptors (Lipinski definition) is 7. The third kappa shape index (κ3) is 6.17. The average molecular weight is 593 g/mol. The number of likely N-dealkylation sites (tertiary alicyclic amines) is 2. The molecule has 0 amide bonds. The van der Waals surface area contributed by atoms with Crippen LogP contribution in [0.2, 0.25) is 0 Å². The van der Waals surface area contributed by atoms with Crippen LogP contribution in [0.1, 0.15) is 53.4 Å². The summed E-state index contributed by atoms with van der Waals surface area (Å²) in [5.74, 6) is -2.31. The lowest BCUT2D eigenvalue weighted by Crippen LogP contribution is -2.70. The molecule has 3 aliphatic heterocycles. The number of halogens is 2. The first-order valence-electron chi connectivity index (χ1n) is 15.4. The van der Waals surface area contributed by atoms with E-state index in [1.54, 1.807) is 0 Å². The average Bonchev–Trinajstić information content (AvgIpc) is 3.32. The van der Waals surface area contributed by atoms with Gasteiger partial charge in [-0.25, -0.2) is 18.4 Å². The third-order valence-corrected chi connectivity index (χ3v) is 9.51. The highest BCUT2D eigenvalue weighted by molar-refractivity contribution is 5.70. The summed E-state index contributed by atoms with van der Waals surface area (Å²) in [6.07, 6.45) is 3.46. The number of piperidine rings is 1. The molecule has 10 heteroatoms. The summed E-state index contributed by atoms with van der Waals surface area (Å²) in [7, 11) is 1.39. The van der Waals surface area contributed by atoms with Crippen molar-refractivity contribution in [1.82, 2.24) is 24.6 Å². The van der Waals surface area contributed by atoms with Crippen molar-refractivity contribution in [1.29, 1.82) is 0 Å². The van der Waals surface area contributed by atoms with E-state index in [-0.39, 0.29) is 24.9 Å². The maximum absolute atomic E-state index is 15.7. The van der Waals surface area contributed by atoms with Crippen LogP contribution < -0.4 is 5.32 Å². The van der Waals surface area contributed by atoms with Crippen molar-refractivity contribution >= 4 is 11.8 Å². The second kappa shape index (κ2) is 12.0. The topological polar surface area (TPSA) is 75.5 Å². The highest BCUT2D eigenvalue weighted by atomic mass is 19.3. The van der Waals surface area contributed by atoms with Crippen LogP contribution in [0.4, 0.5) is 14.6 Å². The zero-order valence-corrected chi connectivity index (χ0v) is 25.4. The van der Waals surface area contributed by atoms with Crippen molar-refractivity contribution < 1.29 is 18.3 Å². The smallest absolute Gasteiger partial charge is 0.306 e. The zero-order chi connectivity index (χ0) is 30.2. The number of nitrogens with zero attached hydrogens (tertiary/aromatic N) is 5. The Morgan fingerprint density at radius 3 is 2.70 bits per heavy atom. The number of ether oxygens (including phenoxy) is 1. The van der Waals surface area contributed by atoms with Crippen molar-refractivity contribution in [3.63, 3.8) is 0 Å². The van der Waals surface area contributed by atoms with Gasteiger partial charge in [-0.2, -0.15) is 5.10 Å². The number of rotatable bonds is 9. The molecule has 3 aliphatic rings. The van der Waals surface area contributed by atoms with Crippen LogP contribution in [0, 0.1) is 19.3 Å². The number of pyridine rings is 1. The number of alkyl halides is 2. The molecule has 8 nitrogen and oxygen atoms in total. The van der Waals surface area contributed by atoms with E-state index >= 15 is 8.78 Å². The van der Waals surface area contributed by atoms with Crippen molar-refractivity contribution in [2.45, 2.75) is 57.8 Å². The van der Waals surface area contributed by atoms with Gasteiger partial charge in [-0.1, -0.05) is 18.2 Å². The first-order chi connectivity index (χ1) is 20.6. The standard InChI is InChI=1S/C33H42F2N6O2/c1-23-16-24(2)41(38-23)29-8-4-6-26(17-29)27(18-30(42)43-3)19-40-20-32(21-40)12-15-39(22-33(32,34)35)14-11-28-10-9-25-7-5-13-36-31(25)37-28/h4,6,8-10,16-17,27H,5,7,11-15,18-22H2,1-3H3,(H,36,37)/t27-/m1/s1. The molecule has 0 radical (unpaired) electrons. The van der Waals surface area contributed by atoms with Crippen molar-refractivity contribution in [3.05, 3.63) is 70.7 Å². The van der Waals surface area contributed by atoms with Crippen molar-refractivity contribution in [2.75, 3.05) is 58.2 Å². The molecule has 0 bridgehead atoms. The Bertz CT molecular complexity index is 1470. The molecule has 0 saturated carbocycles. The third-order valence-electron chi connectivity index (χ3n) is 9.51. The number of methoxy groups -OCH3 is 1. The van der Waals surface area contributed by atoms with E-state index in [9.17, 15) is 4.79 Å². The summed E-state index contributed by atoms with van der Waals surface area (Å²) < 4.78 is 38.3. The fraction of sp³-hybridized carbons (Fsp3) is 0.545.